The lowest BCUT2D eigenvalue weighted by Gasteiger charge is -2.13. The summed E-state index contributed by atoms with van der Waals surface area (Å²) in [5.74, 6) is 0.0759. The molecular weight excluding hydrogens is 588 g/mol. The average molecular weight is 614 g/mol. The highest BCUT2D eigenvalue weighted by Crippen LogP contribution is 2.35. The van der Waals surface area contributed by atoms with Crippen molar-refractivity contribution in [2.24, 2.45) is 5.10 Å². The maximum absolute atomic E-state index is 13.8. The molecule has 2 N–H and O–H groups in total. The van der Waals surface area contributed by atoms with Crippen molar-refractivity contribution in [3.8, 4) is 17.2 Å². The third-order valence-corrected chi connectivity index (χ3v) is 8.71. The van der Waals surface area contributed by atoms with Gasteiger partial charge in [0.1, 0.15) is 4.83 Å². The quantitative estimate of drug-likeness (QED) is 0.119. The number of ether oxygens (including phenoxy) is 1. The van der Waals surface area contributed by atoms with Crippen LogP contribution in [-0.4, -0.2) is 39.1 Å². The zero-order valence-electron chi connectivity index (χ0n) is 20.6. The summed E-state index contributed by atoms with van der Waals surface area (Å²) in [7, 11) is 0. The summed E-state index contributed by atoms with van der Waals surface area (Å²) in [5, 5.41) is 15.0. The predicted molar refractivity (Wildman–Crippen MR) is 155 cm³/mol. The summed E-state index contributed by atoms with van der Waals surface area (Å²) >= 11 is 6.23. The first-order chi connectivity index (χ1) is 18.4. The maximum Gasteiger partial charge on any atom is 0.267 e. The molecule has 5 rings (SSSR count). The van der Waals surface area contributed by atoms with E-state index in [1.807, 2.05) is 31.2 Å². The molecule has 0 saturated heterocycles. The molecule has 0 aliphatic heterocycles. The Morgan fingerprint density at radius 3 is 2.84 bits per heavy atom. The summed E-state index contributed by atoms with van der Waals surface area (Å²) in [6.07, 6.45) is 5.55. The number of amides is 1. The summed E-state index contributed by atoms with van der Waals surface area (Å²) in [6.45, 7) is 2.25. The van der Waals surface area contributed by atoms with Crippen LogP contribution in [0.2, 0.25) is 0 Å². The molecule has 2 aromatic carbocycles. The number of nitrogens with one attached hydrogen (secondary N) is 1. The van der Waals surface area contributed by atoms with Gasteiger partial charge in [0.05, 0.1) is 29.6 Å². The number of rotatable bonds is 8. The Bertz CT molecular complexity index is 1580. The Kier molecular flexibility index (Phi) is 8.15. The van der Waals surface area contributed by atoms with Crippen molar-refractivity contribution in [2.45, 2.75) is 37.8 Å². The molecule has 1 aliphatic rings. The third kappa shape index (κ3) is 5.64. The number of phenolic OH excluding ortho intramolecular Hbond substituents is 1. The molecule has 0 spiro atoms. The zero-order chi connectivity index (χ0) is 26.6. The van der Waals surface area contributed by atoms with E-state index < -0.39 is 0 Å². The number of fused-ring (bicyclic) bond motifs is 3. The molecule has 8 nitrogen and oxygen atoms in total. The first-order valence-corrected chi connectivity index (χ1v) is 14.8. The molecule has 11 heteroatoms. The van der Waals surface area contributed by atoms with Gasteiger partial charge in [-0.1, -0.05) is 27.7 Å². The Hall–Kier alpha value is -3.15. The molecule has 2 heterocycles. The lowest BCUT2D eigenvalue weighted by Crippen LogP contribution is -2.24. The number of hydrazone groups is 1. The van der Waals surface area contributed by atoms with Crippen LogP contribution < -0.4 is 15.7 Å². The number of carbonyl (C=O) groups excluding carboxylic acids is 1. The van der Waals surface area contributed by atoms with Gasteiger partial charge < -0.3 is 9.84 Å². The number of carbonyl (C=O) groups is 1. The number of nitrogens with zero attached hydrogens (tertiary/aromatic N) is 3. The van der Waals surface area contributed by atoms with Crippen LogP contribution in [0.15, 0.2) is 62.0 Å². The van der Waals surface area contributed by atoms with Gasteiger partial charge >= 0.3 is 0 Å². The van der Waals surface area contributed by atoms with E-state index in [1.54, 1.807) is 28.0 Å². The number of halogens is 1. The van der Waals surface area contributed by atoms with Gasteiger partial charge in [-0.3, -0.25) is 14.2 Å². The van der Waals surface area contributed by atoms with E-state index in [0.717, 1.165) is 40.5 Å². The number of aromatic nitrogens is 2. The van der Waals surface area contributed by atoms with E-state index in [0.29, 0.717) is 34.1 Å². The SMILES string of the molecule is CCOc1cc(C=NNC(=O)CSc2nc3sc4c(c3c(=O)n2-c2ccc(Br)cc2)CCCC4)ccc1O. The van der Waals surface area contributed by atoms with E-state index >= 15 is 0 Å². The topological polar surface area (TPSA) is 106 Å². The smallest absolute Gasteiger partial charge is 0.267 e. The largest absolute Gasteiger partial charge is 0.504 e. The van der Waals surface area contributed by atoms with Crippen LogP contribution in [0, 0.1) is 0 Å². The Morgan fingerprint density at radius 1 is 1.26 bits per heavy atom. The standard InChI is InChI=1S/C27H25BrN4O4S2/c1-2-36-21-13-16(7-12-20(21)33)14-29-31-23(34)15-37-27-30-25-24(19-5-3-4-6-22(19)38-25)26(35)32(27)18-10-8-17(28)9-11-18/h7-14,33H,2-6,15H2,1H3,(H,31,34). The second-order valence-corrected chi connectivity index (χ2v) is 11.6. The molecule has 0 saturated carbocycles. The van der Waals surface area contributed by atoms with Gasteiger partial charge in [0, 0.05) is 9.35 Å². The van der Waals surface area contributed by atoms with Crippen molar-refractivity contribution in [3.63, 3.8) is 0 Å². The van der Waals surface area contributed by atoms with Crippen LogP contribution >= 0.6 is 39.0 Å². The van der Waals surface area contributed by atoms with Crippen molar-refractivity contribution in [2.75, 3.05) is 12.4 Å². The second-order valence-electron chi connectivity index (χ2n) is 8.64. The van der Waals surface area contributed by atoms with E-state index in [-0.39, 0.29) is 23.0 Å². The van der Waals surface area contributed by atoms with Crippen LogP contribution in [0.25, 0.3) is 15.9 Å². The molecule has 0 atom stereocenters. The summed E-state index contributed by atoms with van der Waals surface area (Å²) in [5.41, 5.74) is 4.90. The fraction of sp³-hybridized carbons (Fsp3) is 0.259. The molecule has 0 fully saturated rings. The maximum atomic E-state index is 13.8. The molecule has 196 valence electrons. The highest BCUT2D eigenvalue weighted by atomic mass is 79.9. The van der Waals surface area contributed by atoms with E-state index in [2.05, 4.69) is 26.5 Å². The summed E-state index contributed by atoms with van der Waals surface area (Å²) < 4.78 is 7.88. The molecule has 1 aliphatic carbocycles. The second kappa shape index (κ2) is 11.7. The number of hydrogen-bond acceptors (Lipinski definition) is 8. The van der Waals surface area contributed by atoms with Gasteiger partial charge in [-0.2, -0.15) is 5.10 Å². The molecule has 0 radical (unpaired) electrons. The molecular formula is C27H25BrN4O4S2. The zero-order valence-corrected chi connectivity index (χ0v) is 23.8. The fourth-order valence-corrected chi connectivity index (χ4v) is 6.70. The van der Waals surface area contributed by atoms with Crippen LogP contribution in [0.5, 0.6) is 11.5 Å². The molecule has 4 aromatic rings. The van der Waals surface area contributed by atoms with Gasteiger partial charge in [-0.15, -0.1) is 11.3 Å². The normalized spacial score (nSPS) is 13.1. The van der Waals surface area contributed by atoms with Gasteiger partial charge in [-0.25, -0.2) is 10.4 Å². The minimum absolute atomic E-state index is 0.0245. The summed E-state index contributed by atoms with van der Waals surface area (Å²) in [6, 6.07) is 12.3. The predicted octanol–water partition coefficient (Wildman–Crippen LogP) is 5.44. The van der Waals surface area contributed by atoms with Gasteiger partial charge in [0.15, 0.2) is 16.7 Å². The molecule has 1 amide bonds. The minimum atomic E-state index is -0.336. The van der Waals surface area contributed by atoms with Gasteiger partial charge in [0.2, 0.25) is 0 Å². The highest BCUT2D eigenvalue weighted by molar-refractivity contribution is 9.10. The number of aryl methyl sites for hydroxylation is 2. The van der Waals surface area contributed by atoms with E-state index in [4.69, 9.17) is 9.72 Å². The first-order valence-electron chi connectivity index (χ1n) is 12.2. The molecule has 38 heavy (non-hydrogen) atoms. The molecule has 0 unspecified atom stereocenters. The molecule has 2 aromatic heterocycles. The number of thioether (sulfide) groups is 1. The van der Waals surface area contributed by atoms with E-state index in [9.17, 15) is 14.7 Å². The fourth-order valence-electron chi connectivity index (χ4n) is 4.32. The molecule has 0 bridgehead atoms. The lowest BCUT2D eigenvalue weighted by atomic mass is 9.97. The first kappa shape index (κ1) is 26.5. The lowest BCUT2D eigenvalue weighted by molar-refractivity contribution is -0.118. The minimum Gasteiger partial charge on any atom is -0.504 e. The van der Waals surface area contributed by atoms with Gasteiger partial charge in [-0.05, 0) is 86.2 Å². The Balaban J connectivity index is 1.38. The van der Waals surface area contributed by atoms with Crippen LogP contribution in [0.3, 0.4) is 0 Å². The van der Waals surface area contributed by atoms with Crippen molar-refractivity contribution >= 4 is 61.4 Å². The number of benzene rings is 2. The van der Waals surface area contributed by atoms with Crippen molar-refractivity contribution in [3.05, 3.63) is 73.3 Å². The Labute approximate surface area is 235 Å². The van der Waals surface area contributed by atoms with Crippen molar-refractivity contribution < 1.29 is 14.6 Å². The number of thiophene rings is 1. The van der Waals surface area contributed by atoms with Crippen molar-refractivity contribution in [1.82, 2.24) is 15.0 Å². The van der Waals surface area contributed by atoms with E-state index in [1.165, 1.54) is 28.9 Å². The third-order valence-electron chi connectivity index (χ3n) is 6.06. The van der Waals surface area contributed by atoms with Crippen LogP contribution in [-0.2, 0) is 17.6 Å². The monoisotopic (exact) mass is 612 g/mol. The van der Waals surface area contributed by atoms with Crippen LogP contribution in [0.4, 0.5) is 0 Å². The number of aromatic hydroxyl groups is 1. The highest BCUT2D eigenvalue weighted by Gasteiger charge is 2.23. The summed E-state index contributed by atoms with van der Waals surface area (Å²) in [4.78, 5) is 33.2. The number of phenols is 1. The van der Waals surface area contributed by atoms with Crippen molar-refractivity contribution in [1.29, 1.82) is 0 Å². The Morgan fingerprint density at radius 2 is 2.05 bits per heavy atom. The average Bonchev–Trinajstić information content (AvgIpc) is 3.29. The van der Waals surface area contributed by atoms with Crippen LogP contribution in [0.1, 0.15) is 35.8 Å². The van der Waals surface area contributed by atoms with Gasteiger partial charge in [0.25, 0.3) is 11.5 Å². The number of hydrogen-bond donors (Lipinski definition) is 2.